The maximum atomic E-state index is 13.1. The van der Waals surface area contributed by atoms with Crippen molar-refractivity contribution in [1.82, 2.24) is 10.2 Å². The SMILES string of the molecule is COC(=O)c1n[nH]c2ccc(NS(=O)(=O)c3ccccc3C(F)(F)F)cc12. The number of nitrogens with zero attached hydrogens (tertiary/aromatic N) is 1. The van der Waals surface area contributed by atoms with Gasteiger partial charge in [-0.25, -0.2) is 13.2 Å². The van der Waals surface area contributed by atoms with E-state index in [-0.39, 0.29) is 16.8 Å². The number of alkyl halides is 3. The molecule has 11 heteroatoms. The van der Waals surface area contributed by atoms with Crippen molar-refractivity contribution in [3.8, 4) is 0 Å². The second-order valence-electron chi connectivity index (χ2n) is 5.42. The summed E-state index contributed by atoms with van der Waals surface area (Å²) in [6.07, 6.45) is -4.84. The van der Waals surface area contributed by atoms with Gasteiger partial charge in [0.25, 0.3) is 10.0 Å². The van der Waals surface area contributed by atoms with Gasteiger partial charge in [0.2, 0.25) is 0 Å². The number of aromatic nitrogens is 2. The van der Waals surface area contributed by atoms with Crippen LogP contribution in [-0.4, -0.2) is 31.7 Å². The van der Waals surface area contributed by atoms with Crippen LogP contribution in [-0.2, 0) is 20.9 Å². The lowest BCUT2D eigenvalue weighted by Gasteiger charge is -2.14. The second kappa shape index (κ2) is 6.58. The third kappa shape index (κ3) is 3.58. The molecule has 2 N–H and O–H groups in total. The molecule has 0 bridgehead atoms. The highest BCUT2D eigenvalue weighted by atomic mass is 32.2. The first-order valence-electron chi connectivity index (χ1n) is 7.39. The molecule has 27 heavy (non-hydrogen) atoms. The molecule has 0 aliphatic carbocycles. The Balaban J connectivity index is 2.04. The lowest BCUT2D eigenvalue weighted by Crippen LogP contribution is -2.18. The van der Waals surface area contributed by atoms with Crippen LogP contribution < -0.4 is 4.72 Å². The summed E-state index contributed by atoms with van der Waals surface area (Å²) in [4.78, 5) is 10.8. The van der Waals surface area contributed by atoms with E-state index in [2.05, 4.69) is 19.7 Å². The highest BCUT2D eigenvalue weighted by molar-refractivity contribution is 7.92. The Morgan fingerprint density at radius 2 is 1.89 bits per heavy atom. The number of esters is 1. The number of rotatable bonds is 4. The minimum absolute atomic E-state index is 0.0361. The fourth-order valence-corrected chi connectivity index (χ4v) is 3.75. The molecule has 0 amide bonds. The molecule has 0 saturated heterocycles. The van der Waals surface area contributed by atoms with E-state index in [4.69, 9.17) is 0 Å². The van der Waals surface area contributed by atoms with E-state index in [9.17, 15) is 26.4 Å². The number of aromatic amines is 1. The van der Waals surface area contributed by atoms with E-state index in [0.29, 0.717) is 11.6 Å². The smallest absolute Gasteiger partial charge is 0.417 e. The topological polar surface area (TPSA) is 101 Å². The van der Waals surface area contributed by atoms with Crippen molar-refractivity contribution in [3.63, 3.8) is 0 Å². The van der Waals surface area contributed by atoms with Gasteiger partial charge in [0.1, 0.15) is 0 Å². The van der Waals surface area contributed by atoms with Crippen molar-refractivity contribution < 1.29 is 31.1 Å². The summed E-state index contributed by atoms with van der Waals surface area (Å²) < 4.78 is 71.0. The molecule has 3 rings (SSSR count). The molecule has 1 heterocycles. The molecule has 3 aromatic rings. The molecule has 0 aliphatic heterocycles. The molecule has 7 nitrogen and oxygen atoms in total. The van der Waals surface area contributed by atoms with Crippen LogP contribution in [0.15, 0.2) is 47.4 Å². The summed E-state index contributed by atoms with van der Waals surface area (Å²) in [7, 11) is -3.38. The fraction of sp³-hybridized carbons (Fsp3) is 0.125. The molecule has 2 aromatic carbocycles. The van der Waals surface area contributed by atoms with E-state index >= 15 is 0 Å². The van der Waals surface area contributed by atoms with Gasteiger partial charge >= 0.3 is 12.1 Å². The molecule has 142 valence electrons. The first-order chi connectivity index (χ1) is 12.6. The molecule has 0 unspecified atom stereocenters. The van der Waals surface area contributed by atoms with Gasteiger partial charge in [-0.15, -0.1) is 0 Å². The summed E-state index contributed by atoms with van der Waals surface area (Å²) in [5.41, 5.74) is -0.971. The van der Waals surface area contributed by atoms with Crippen molar-refractivity contribution >= 4 is 32.6 Å². The number of nitrogens with one attached hydrogen (secondary N) is 2. The number of H-pyrrole nitrogens is 1. The predicted octanol–water partition coefficient (Wildman–Crippen LogP) is 3.17. The van der Waals surface area contributed by atoms with Crippen LogP contribution in [0, 0.1) is 0 Å². The van der Waals surface area contributed by atoms with E-state index in [1.807, 2.05) is 0 Å². The Labute approximate surface area is 151 Å². The van der Waals surface area contributed by atoms with Crippen LogP contribution in [0.25, 0.3) is 10.9 Å². The quantitative estimate of drug-likeness (QED) is 0.657. The number of carbonyl (C=O) groups is 1. The molecule has 0 spiro atoms. The van der Waals surface area contributed by atoms with Gasteiger partial charge in [-0.2, -0.15) is 18.3 Å². The maximum Gasteiger partial charge on any atom is 0.417 e. The molecule has 0 saturated carbocycles. The Morgan fingerprint density at radius 3 is 2.56 bits per heavy atom. The molecule has 0 aliphatic rings. The van der Waals surface area contributed by atoms with E-state index in [0.717, 1.165) is 19.2 Å². The first kappa shape index (κ1) is 18.7. The summed E-state index contributed by atoms with van der Waals surface area (Å²) in [5.74, 6) is -0.747. The number of benzene rings is 2. The van der Waals surface area contributed by atoms with Crippen molar-refractivity contribution in [2.75, 3.05) is 11.8 Å². The minimum Gasteiger partial charge on any atom is -0.464 e. The lowest BCUT2D eigenvalue weighted by molar-refractivity contribution is -0.139. The van der Waals surface area contributed by atoms with E-state index < -0.39 is 32.6 Å². The van der Waals surface area contributed by atoms with Gasteiger partial charge in [-0.3, -0.25) is 9.82 Å². The van der Waals surface area contributed by atoms with Crippen molar-refractivity contribution in [2.24, 2.45) is 0 Å². The summed E-state index contributed by atoms with van der Waals surface area (Å²) >= 11 is 0. The number of halogens is 3. The monoisotopic (exact) mass is 399 g/mol. The van der Waals surface area contributed by atoms with Gasteiger partial charge in [0.15, 0.2) is 5.69 Å². The van der Waals surface area contributed by atoms with Crippen LogP contribution >= 0.6 is 0 Å². The van der Waals surface area contributed by atoms with E-state index in [1.165, 1.54) is 24.3 Å². The van der Waals surface area contributed by atoms with Gasteiger partial charge in [0, 0.05) is 11.1 Å². The van der Waals surface area contributed by atoms with Gasteiger partial charge < -0.3 is 4.74 Å². The van der Waals surface area contributed by atoms with Crippen LogP contribution in [0.2, 0.25) is 0 Å². The van der Waals surface area contributed by atoms with E-state index in [1.54, 1.807) is 0 Å². The van der Waals surface area contributed by atoms with Crippen molar-refractivity contribution in [2.45, 2.75) is 11.1 Å². The van der Waals surface area contributed by atoms with Crippen LogP contribution in [0.4, 0.5) is 18.9 Å². The number of ether oxygens (including phenoxy) is 1. The molecular formula is C16H12F3N3O4S. The molecule has 1 aromatic heterocycles. The zero-order valence-electron chi connectivity index (χ0n) is 13.7. The molecule has 0 fully saturated rings. The summed E-state index contributed by atoms with van der Waals surface area (Å²) in [5, 5.41) is 6.62. The number of hydrogen-bond donors (Lipinski definition) is 2. The third-order valence-electron chi connectivity index (χ3n) is 3.68. The summed E-state index contributed by atoms with van der Waals surface area (Å²) in [6.45, 7) is 0. The maximum absolute atomic E-state index is 13.1. The Bertz CT molecular complexity index is 1120. The minimum atomic E-state index is -4.84. The zero-order valence-corrected chi connectivity index (χ0v) is 14.5. The lowest BCUT2D eigenvalue weighted by atomic mass is 10.2. The Kier molecular flexibility index (Phi) is 4.56. The number of sulfonamides is 1. The summed E-state index contributed by atoms with van der Waals surface area (Å²) in [6, 6.07) is 7.88. The van der Waals surface area contributed by atoms with Crippen LogP contribution in [0.5, 0.6) is 0 Å². The highest BCUT2D eigenvalue weighted by Gasteiger charge is 2.36. The zero-order chi connectivity index (χ0) is 19.8. The standard InChI is InChI=1S/C16H12F3N3O4S/c1-26-15(23)14-10-8-9(6-7-12(10)20-21-14)22-27(24,25)13-5-3-2-4-11(13)16(17,18)19/h2-8,22H,1H3,(H,20,21). The first-order valence-corrected chi connectivity index (χ1v) is 8.87. The van der Waals surface area contributed by atoms with Crippen molar-refractivity contribution in [1.29, 1.82) is 0 Å². The van der Waals surface area contributed by atoms with Gasteiger partial charge in [-0.05, 0) is 30.3 Å². The Morgan fingerprint density at radius 1 is 1.19 bits per heavy atom. The average Bonchev–Trinajstić information content (AvgIpc) is 3.03. The normalized spacial score (nSPS) is 12.1. The third-order valence-corrected chi connectivity index (χ3v) is 5.12. The van der Waals surface area contributed by atoms with Crippen LogP contribution in [0.1, 0.15) is 16.1 Å². The molecule has 0 atom stereocenters. The number of methoxy groups -OCH3 is 1. The molecule has 0 radical (unpaired) electrons. The van der Waals surface area contributed by atoms with Crippen LogP contribution in [0.3, 0.4) is 0 Å². The van der Waals surface area contributed by atoms with Gasteiger partial charge in [0.05, 0.1) is 23.1 Å². The Hall–Kier alpha value is -3.08. The second-order valence-corrected chi connectivity index (χ2v) is 7.07. The predicted molar refractivity (Wildman–Crippen MR) is 89.7 cm³/mol. The fourth-order valence-electron chi connectivity index (χ4n) is 2.48. The number of hydrogen-bond acceptors (Lipinski definition) is 5. The van der Waals surface area contributed by atoms with Gasteiger partial charge in [-0.1, -0.05) is 12.1 Å². The van der Waals surface area contributed by atoms with Crippen molar-refractivity contribution in [3.05, 3.63) is 53.7 Å². The number of anilines is 1. The molecular weight excluding hydrogens is 387 g/mol. The number of fused-ring (bicyclic) bond motifs is 1. The highest BCUT2D eigenvalue weighted by Crippen LogP contribution is 2.34. The number of carbonyl (C=O) groups excluding carboxylic acids is 1. The average molecular weight is 399 g/mol. The largest absolute Gasteiger partial charge is 0.464 e.